The van der Waals surface area contributed by atoms with Crippen molar-refractivity contribution in [3.05, 3.63) is 52.3 Å². The minimum Gasteiger partial charge on any atom is -0.330 e. The largest absolute Gasteiger partial charge is 0.330 e. The fourth-order valence-electron chi connectivity index (χ4n) is 1.85. The van der Waals surface area contributed by atoms with E-state index >= 15 is 0 Å². The third-order valence-corrected chi connectivity index (χ3v) is 3.39. The predicted octanol–water partition coefficient (Wildman–Crippen LogP) is 2.78. The lowest BCUT2D eigenvalue weighted by atomic mass is 10.1. The second-order valence-electron chi connectivity index (χ2n) is 4.50. The molecule has 3 nitrogen and oxygen atoms in total. The second kappa shape index (κ2) is 6.03. The van der Waals surface area contributed by atoms with Crippen LogP contribution in [-0.4, -0.2) is 16.3 Å². The smallest absolute Gasteiger partial charge is 0.130 e. The average molecular weight is 264 g/mol. The van der Waals surface area contributed by atoms with Crippen molar-refractivity contribution >= 4 is 11.6 Å². The van der Waals surface area contributed by atoms with Gasteiger partial charge >= 0.3 is 0 Å². The van der Waals surface area contributed by atoms with Crippen LogP contribution in [0.15, 0.2) is 30.5 Å². The Bertz CT molecular complexity index is 502. The van der Waals surface area contributed by atoms with E-state index in [1.807, 2.05) is 10.9 Å². The summed E-state index contributed by atoms with van der Waals surface area (Å²) in [5.74, 6) is 0. The van der Waals surface area contributed by atoms with E-state index in [0.717, 1.165) is 23.6 Å². The Morgan fingerprint density at radius 2 is 2.00 bits per heavy atom. The van der Waals surface area contributed by atoms with Crippen LogP contribution in [-0.2, 0) is 13.0 Å². The van der Waals surface area contributed by atoms with Gasteiger partial charge in [-0.15, -0.1) is 0 Å². The molecule has 1 aromatic heterocycles. The van der Waals surface area contributed by atoms with Gasteiger partial charge in [0.25, 0.3) is 0 Å². The van der Waals surface area contributed by atoms with Crippen LogP contribution in [0.1, 0.15) is 23.1 Å². The molecule has 0 radical (unpaired) electrons. The quantitative estimate of drug-likeness (QED) is 0.902. The Morgan fingerprint density at radius 3 is 2.67 bits per heavy atom. The maximum absolute atomic E-state index is 6.30. The van der Waals surface area contributed by atoms with Gasteiger partial charge in [-0.3, -0.25) is 0 Å². The molecule has 0 unspecified atom stereocenters. The van der Waals surface area contributed by atoms with Gasteiger partial charge in [0.15, 0.2) is 0 Å². The number of rotatable bonds is 5. The number of aryl methyl sites for hydroxylation is 2. The summed E-state index contributed by atoms with van der Waals surface area (Å²) < 4.78 is 1.83. The van der Waals surface area contributed by atoms with Gasteiger partial charge in [-0.1, -0.05) is 41.4 Å². The Labute approximate surface area is 113 Å². The standard InChI is InChI=1S/C14H18ClN3/c1-11-4-6-12(7-5-11)10-18-14(15)13(9-17-18)3-2-8-16/h4-7,9H,2-3,8,10,16H2,1H3. The van der Waals surface area contributed by atoms with E-state index in [2.05, 4.69) is 36.3 Å². The van der Waals surface area contributed by atoms with Crippen LogP contribution in [0.3, 0.4) is 0 Å². The Morgan fingerprint density at radius 1 is 1.28 bits per heavy atom. The highest BCUT2D eigenvalue weighted by atomic mass is 35.5. The van der Waals surface area contributed by atoms with E-state index < -0.39 is 0 Å². The lowest BCUT2D eigenvalue weighted by Crippen LogP contribution is -2.03. The van der Waals surface area contributed by atoms with Crippen molar-refractivity contribution < 1.29 is 0 Å². The zero-order valence-electron chi connectivity index (χ0n) is 10.6. The first-order valence-corrected chi connectivity index (χ1v) is 6.54. The van der Waals surface area contributed by atoms with Crippen molar-refractivity contribution in [3.63, 3.8) is 0 Å². The summed E-state index contributed by atoms with van der Waals surface area (Å²) in [7, 11) is 0. The number of aromatic nitrogens is 2. The van der Waals surface area contributed by atoms with E-state index in [-0.39, 0.29) is 0 Å². The summed E-state index contributed by atoms with van der Waals surface area (Å²) in [6, 6.07) is 8.41. The van der Waals surface area contributed by atoms with Crippen molar-refractivity contribution in [2.24, 2.45) is 5.73 Å². The van der Waals surface area contributed by atoms with Gasteiger partial charge in [-0.25, -0.2) is 4.68 Å². The highest BCUT2D eigenvalue weighted by Crippen LogP contribution is 2.18. The molecule has 1 heterocycles. The van der Waals surface area contributed by atoms with Crippen molar-refractivity contribution in [2.75, 3.05) is 6.54 Å². The summed E-state index contributed by atoms with van der Waals surface area (Å²) in [4.78, 5) is 0. The molecule has 0 bridgehead atoms. The number of hydrogen-bond donors (Lipinski definition) is 1. The lowest BCUT2D eigenvalue weighted by molar-refractivity contribution is 0.686. The first kappa shape index (κ1) is 13.1. The molecule has 96 valence electrons. The van der Waals surface area contributed by atoms with Crippen LogP contribution < -0.4 is 5.73 Å². The van der Waals surface area contributed by atoms with Crippen LogP contribution in [0.25, 0.3) is 0 Å². The Kier molecular flexibility index (Phi) is 4.39. The number of hydrogen-bond acceptors (Lipinski definition) is 2. The molecule has 0 aliphatic carbocycles. The Balaban J connectivity index is 2.09. The van der Waals surface area contributed by atoms with Crippen LogP contribution in [0.5, 0.6) is 0 Å². The topological polar surface area (TPSA) is 43.8 Å². The van der Waals surface area contributed by atoms with Crippen LogP contribution >= 0.6 is 11.6 Å². The average Bonchev–Trinajstić information content (AvgIpc) is 2.71. The maximum atomic E-state index is 6.30. The molecule has 0 fully saturated rings. The number of nitrogens with two attached hydrogens (primary N) is 1. The molecule has 0 saturated carbocycles. The minimum absolute atomic E-state index is 0.680. The summed E-state index contributed by atoms with van der Waals surface area (Å²) in [5.41, 5.74) is 9.04. The molecule has 0 saturated heterocycles. The predicted molar refractivity (Wildman–Crippen MR) is 74.9 cm³/mol. The number of nitrogens with zero attached hydrogens (tertiary/aromatic N) is 2. The minimum atomic E-state index is 0.680. The maximum Gasteiger partial charge on any atom is 0.130 e. The highest BCUT2D eigenvalue weighted by molar-refractivity contribution is 6.30. The molecule has 2 aromatic rings. The molecule has 0 spiro atoms. The van der Waals surface area contributed by atoms with E-state index in [0.29, 0.717) is 13.1 Å². The normalized spacial score (nSPS) is 10.8. The summed E-state index contributed by atoms with van der Waals surface area (Å²) in [5, 5.41) is 5.06. The molecule has 2 N–H and O–H groups in total. The van der Waals surface area contributed by atoms with E-state index in [1.54, 1.807) is 0 Å². The van der Waals surface area contributed by atoms with Crippen LogP contribution in [0.4, 0.5) is 0 Å². The first-order valence-electron chi connectivity index (χ1n) is 6.16. The molecule has 0 aliphatic rings. The van der Waals surface area contributed by atoms with Crippen molar-refractivity contribution in [2.45, 2.75) is 26.3 Å². The zero-order chi connectivity index (χ0) is 13.0. The van der Waals surface area contributed by atoms with E-state index in [1.165, 1.54) is 11.1 Å². The molecular weight excluding hydrogens is 246 g/mol. The summed E-state index contributed by atoms with van der Waals surface area (Å²) in [6.07, 6.45) is 3.67. The van der Waals surface area contributed by atoms with Crippen molar-refractivity contribution in [1.29, 1.82) is 0 Å². The molecular formula is C14H18ClN3. The van der Waals surface area contributed by atoms with Crippen LogP contribution in [0.2, 0.25) is 5.15 Å². The van der Waals surface area contributed by atoms with Gasteiger partial charge in [-0.05, 0) is 31.9 Å². The molecule has 1 aromatic carbocycles. The molecule has 0 amide bonds. The van der Waals surface area contributed by atoms with Gasteiger partial charge in [0, 0.05) is 5.56 Å². The first-order chi connectivity index (χ1) is 8.70. The zero-order valence-corrected chi connectivity index (χ0v) is 11.3. The third kappa shape index (κ3) is 3.12. The SMILES string of the molecule is Cc1ccc(Cn2ncc(CCCN)c2Cl)cc1. The van der Waals surface area contributed by atoms with Crippen molar-refractivity contribution in [3.8, 4) is 0 Å². The van der Waals surface area contributed by atoms with E-state index in [9.17, 15) is 0 Å². The summed E-state index contributed by atoms with van der Waals surface area (Å²) in [6.45, 7) is 3.47. The fraction of sp³-hybridized carbons (Fsp3) is 0.357. The molecule has 4 heteroatoms. The fourth-order valence-corrected chi connectivity index (χ4v) is 2.09. The van der Waals surface area contributed by atoms with Gasteiger partial charge in [0.2, 0.25) is 0 Å². The highest BCUT2D eigenvalue weighted by Gasteiger charge is 2.08. The Hall–Kier alpha value is -1.32. The third-order valence-electron chi connectivity index (χ3n) is 2.95. The number of benzene rings is 1. The summed E-state index contributed by atoms with van der Waals surface area (Å²) >= 11 is 6.30. The van der Waals surface area contributed by atoms with Crippen molar-refractivity contribution in [1.82, 2.24) is 9.78 Å². The van der Waals surface area contributed by atoms with Gasteiger partial charge in [-0.2, -0.15) is 5.10 Å². The molecule has 0 aliphatic heterocycles. The molecule has 18 heavy (non-hydrogen) atoms. The van der Waals surface area contributed by atoms with Gasteiger partial charge in [0.1, 0.15) is 5.15 Å². The second-order valence-corrected chi connectivity index (χ2v) is 4.85. The van der Waals surface area contributed by atoms with Gasteiger partial charge in [0.05, 0.1) is 12.7 Å². The monoisotopic (exact) mass is 263 g/mol. The van der Waals surface area contributed by atoms with E-state index in [4.69, 9.17) is 17.3 Å². The lowest BCUT2D eigenvalue weighted by Gasteiger charge is -2.05. The van der Waals surface area contributed by atoms with Gasteiger partial charge < -0.3 is 5.73 Å². The van der Waals surface area contributed by atoms with Crippen LogP contribution in [0, 0.1) is 6.92 Å². The molecule has 0 atom stereocenters. The molecule has 2 rings (SSSR count). The number of halogens is 1.